The summed E-state index contributed by atoms with van der Waals surface area (Å²) in [4.78, 5) is 19.9. The van der Waals surface area contributed by atoms with Crippen LogP contribution < -0.4 is 0 Å². The molecule has 2 rings (SSSR count). The van der Waals surface area contributed by atoms with Crippen LogP contribution >= 0.6 is 0 Å². The van der Waals surface area contributed by atoms with Gasteiger partial charge in [0.1, 0.15) is 6.10 Å². The second kappa shape index (κ2) is 5.45. The van der Waals surface area contributed by atoms with Gasteiger partial charge in [-0.3, -0.25) is 10.1 Å². The van der Waals surface area contributed by atoms with Crippen molar-refractivity contribution in [3.63, 3.8) is 0 Å². The van der Waals surface area contributed by atoms with E-state index in [9.17, 15) is 25.3 Å². The Morgan fingerprint density at radius 2 is 2.00 bits per heavy atom. The highest BCUT2D eigenvalue weighted by Crippen LogP contribution is 2.20. The number of benzene rings is 1. The number of non-ortho nitro benzene ring substituents is 1. The Morgan fingerprint density at radius 3 is 2.60 bits per heavy atom. The van der Waals surface area contributed by atoms with Gasteiger partial charge in [0.25, 0.3) is 5.69 Å². The third-order valence-corrected chi connectivity index (χ3v) is 2.64. The lowest BCUT2D eigenvalue weighted by molar-refractivity contribution is -0.389. The molecule has 1 N–H and O–H groups in total. The van der Waals surface area contributed by atoms with E-state index in [4.69, 9.17) is 0 Å². The van der Waals surface area contributed by atoms with Crippen LogP contribution in [0.15, 0.2) is 36.5 Å². The number of nitro benzene ring substituents is 1. The lowest BCUT2D eigenvalue weighted by Crippen LogP contribution is -2.09. The minimum atomic E-state index is -1.05. The third kappa shape index (κ3) is 2.95. The summed E-state index contributed by atoms with van der Waals surface area (Å²) in [6, 6.07) is 6.77. The lowest BCUT2D eigenvalue weighted by Gasteiger charge is -2.08. The van der Waals surface area contributed by atoms with E-state index in [1.807, 2.05) is 0 Å². The van der Waals surface area contributed by atoms with Crippen molar-refractivity contribution in [1.29, 1.82) is 0 Å². The molecule has 0 aliphatic heterocycles. The molecule has 9 nitrogen and oxygen atoms in total. The van der Waals surface area contributed by atoms with Crippen LogP contribution in [-0.4, -0.2) is 24.7 Å². The van der Waals surface area contributed by atoms with E-state index in [0.29, 0.717) is 5.56 Å². The van der Waals surface area contributed by atoms with Crippen LogP contribution in [0.3, 0.4) is 0 Å². The van der Waals surface area contributed by atoms with Crippen LogP contribution in [0.1, 0.15) is 11.7 Å². The second-order valence-corrected chi connectivity index (χ2v) is 4.02. The fourth-order valence-electron chi connectivity index (χ4n) is 1.68. The summed E-state index contributed by atoms with van der Waals surface area (Å²) in [6.45, 7) is -0.0327. The molecule has 1 aromatic heterocycles. The van der Waals surface area contributed by atoms with E-state index in [2.05, 4.69) is 5.10 Å². The van der Waals surface area contributed by atoms with Crippen molar-refractivity contribution in [2.24, 2.45) is 0 Å². The zero-order valence-corrected chi connectivity index (χ0v) is 10.1. The summed E-state index contributed by atoms with van der Waals surface area (Å²) < 4.78 is 1.21. The average Bonchev–Trinajstić information content (AvgIpc) is 2.87. The molecule has 20 heavy (non-hydrogen) atoms. The Kier molecular flexibility index (Phi) is 3.71. The topological polar surface area (TPSA) is 124 Å². The molecule has 0 amide bonds. The molecule has 1 heterocycles. The maximum Gasteiger partial charge on any atom is 0.389 e. The van der Waals surface area contributed by atoms with E-state index < -0.39 is 16.0 Å². The molecule has 1 atom stereocenters. The first-order valence-corrected chi connectivity index (χ1v) is 5.57. The first-order valence-electron chi connectivity index (χ1n) is 5.57. The molecular formula is C11H10N4O5. The predicted octanol–water partition coefficient (Wildman–Crippen LogP) is 1.43. The van der Waals surface area contributed by atoms with Gasteiger partial charge in [0.2, 0.25) is 0 Å². The number of nitro groups is 2. The molecule has 0 fully saturated rings. The molecule has 2 aromatic rings. The van der Waals surface area contributed by atoms with Gasteiger partial charge in [-0.05, 0) is 10.5 Å². The van der Waals surface area contributed by atoms with Gasteiger partial charge in [-0.15, -0.1) is 0 Å². The van der Waals surface area contributed by atoms with E-state index in [0.717, 1.165) is 0 Å². The molecule has 104 valence electrons. The zero-order valence-electron chi connectivity index (χ0n) is 10.1. The highest BCUT2D eigenvalue weighted by atomic mass is 16.6. The number of nitrogens with zero attached hydrogens (tertiary/aromatic N) is 4. The molecule has 0 spiro atoms. The van der Waals surface area contributed by atoms with E-state index in [1.54, 1.807) is 0 Å². The number of aliphatic hydroxyl groups is 1. The third-order valence-electron chi connectivity index (χ3n) is 2.64. The molecule has 0 aliphatic carbocycles. The number of aromatic nitrogens is 2. The highest BCUT2D eigenvalue weighted by Gasteiger charge is 2.17. The monoisotopic (exact) mass is 278 g/mol. The molecule has 0 aliphatic rings. The Bertz CT molecular complexity index is 654. The van der Waals surface area contributed by atoms with Crippen LogP contribution in [0.5, 0.6) is 0 Å². The second-order valence-electron chi connectivity index (χ2n) is 4.02. The standard InChI is InChI=1S/C11H10N4O5/c16-10(7-13-5-4-11(12-13)15(19)20)8-2-1-3-9(6-8)14(17)18/h1-6,10,16H,7H2. The first kappa shape index (κ1) is 13.6. The number of rotatable bonds is 5. The normalized spacial score (nSPS) is 12.1. The summed E-state index contributed by atoms with van der Waals surface area (Å²) in [5.41, 5.74) is 0.213. The maximum atomic E-state index is 10.6. The van der Waals surface area contributed by atoms with Gasteiger partial charge < -0.3 is 15.2 Å². The summed E-state index contributed by atoms with van der Waals surface area (Å²) in [7, 11) is 0. The summed E-state index contributed by atoms with van der Waals surface area (Å²) in [5, 5.41) is 34.8. The predicted molar refractivity (Wildman–Crippen MR) is 66.9 cm³/mol. The van der Waals surface area contributed by atoms with Crippen LogP contribution in [0.25, 0.3) is 0 Å². The average molecular weight is 278 g/mol. The van der Waals surface area contributed by atoms with Crippen molar-refractivity contribution in [2.45, 2.75) is 12.6 Å². The fourth-order valence-corrected chi connectivity index (χ4v) is 1.68. The molecular weight excluding hydrogens is 268 g/mol. The van der Waals surface area contributed by atoms with E-state index in [-0.39, 0.29) is 18.1 Å². The Morgan fingerprint density at radius 1 is 1.25 bits per heavy atom. The quantitative estimate of drug-likeness (QED) is 0.651. The molecule has 9 heteroatoms. The number of hydrogen-bond donors (Lipinski definition) is 1. The Hall–Kier alpha value is -2.81. The molecule has 1 unspecified atom stereocenters. The van der Waals surface area contributed by atoms with Crippen molar-refractivity contribution >= 4 is 11.5 Å². The maximum absolute atomic E-state index is 10.6. The van der Waals surface area contributed by atoms with Crippen molar-refractivity contribution in [1.82, 2.24) is 9.78 Å². The number of aliphatic hydroxyl groups excluding tert-OH is 1. The minimum Gasteiger partial charge on any atom is -0.386 e. The van der Waals surface area contributed by atoms with Gasteiger partial charge in [0.05, 0.1) is 28.8 Å². The van der Waals surface area contributed by atoms with Crippen molar-refractivity contribution in [3.8, 4) is 0 Å². The number of hydrogen-bond acceptors (Lipinski definition) is 6. The lowest BCUT2D eigenvalue weighted by atomic mass is 10.1. The fraction of sp³-hybridized carbons (Fsp3) is 0.182. The Balaban J connectivity index is 2.14. The van der Waals surface area contributed by atoms with Crippen LogP contribution in [-0.2, 0) is 6.54 Å². The molecule has 0 radical (unpaired) electrons. The highest BCUT2D eigenvalue weighted by molar-refractivity contribution is 5.35. The first-order chi connectivity index (χ1) is 9.47. The summed E-state index contributed by atoms with van der Waals surface area (Å²) >= 11 is 0. The molecule has 0 bridgehead atoms. The van der Waals surface area contributed by atoms with Crippen LogP contribution in [0, 0.1) is 20.2 Å². The van der Waals surface area contributed by atoms with Gasteiger partial charge >= 0.3 is 5.82 Å². The van der Waals surface area contributed by atoms with Crippen LogP contribution in [0.2, 0.25) is 0 Å². The van der Waals surface area contributed by atoms with Gasteiger partial charge in [-0.25, -0.2) is 0 Å². The van der Waals surface area contributed by atoms with Crippen molar-refractivity contribution in [2.75, 3.05) is 0 Å². The SMILES string of the molecule is O=[N+]([O-])c1cccc(C(O)Cn2ccc([N+](=O)[O-])n2)c1. The minimum absolute atomic E-state index is 0.0327. The van der Waals surface area contributed by atoms with E-state index >= 15 is 0 Å². The summed E-state index contributed by atoms with van der Waals surface area (Å²) in [5.74, 6) is -0.323. The van der Waals surface area contributed by atoms with E-state index in [1.165, 1.54) is 41.2 Å². The smallest absolute Gasteiger partial charge is 0.386 e. The van der Waals surface area contributed by atoms with Crippen molar-refractivity contribution < 1.29 is 15.0 Å². The van der Waals surface area contributed by atoms with Gasteiger partial charge in [0, 0.05) is 12.1 Å². The van der Waals surface area contributed by atoms with Crippen LogP contribution in [0.4, 0.5) is 11.5 Å². The van der Waals surface area contributed by atoms with Gasteiger partial charge in [-0.1, -0.05) is 12.1 Å². The van der Waals surface area contributed by atoms with Gasteiger partial charge in [0.15, 0.2) is 0 Å². The largest absolute Gasteiger partial charge is 0.389 e. The zero-order chi connectivity index (χ0) is 14.7. The molecule has 1 aromatic carbocycles. The Labute approximate surface area is 112 Å². The molecule has 0 saturated heterocycles. The summed E-state index contributed by atoms with van der Waals surface area (Å²) in [6.07, 6.45) is 0.313. The van der Waals surface area contributed by atoms with Crippen molar-refractivity contribution in [3.05, 3.63) is 62.3 Å². The molecule has 0 saturated carbocycles. The van der Waals surface area contributed by atoms with Gasteiger partial charge in [-0.2, -0.15) is 4.68 Å².